The maximum absolute atomic E-state index is 14.8. The molecular formula is C19H18FN3O4. The van der Waals surface area contributed by atoms with Gasteiger partial charge in [0.15, 0.2) is 11.4 Å². The Morgan fingerprint density at radius 3 is 2.56 bits per heavy atom. The summed E-state index contributed by atoms with van der Waals surface area (Å²) < 4.78 is 21.4. The van der Waals surface area contributed by atoms with Crippen LogP contribution in [0, 0.1) is 18.7 Å². The van der Waals surface area contributed by atoms with Crippen LogP contribution in [0.15, 0.2) is 27.8 Å². The first-order chi connectivity index (χ1) is 12.9. The van der Waals surface area contributed by atoms with Crippen LogP contribution >= 0.6 is 0 Å². The summed E-state index contributed by atoms with van der Waals surface area (Å²) in [5.41, 5.74) is -1.62. The summed E-state index contributed by atoms with van der Waals surface area (Å²) in [4.78, 5) is 41.6. The van der Waals surface area contributed by atoms with E-state index in [0.29, 0.717) is 36.7 Å². The van der Waals surface area contributed by atoms with Crippen molar-refractivity contribution in [2.24, 2.45) is 5.92 Å². The second-order valence-corrected chi connectivity index (χ2v) is 7.66. The predicted molar refractivity (Wildman–Crippen MR) is 95.0 cm³/mol. The van der Waals surface area contributed by atoms with Gasteiger partial charge in [-0.15, -0.1) is 0 Å². The fourth-order valence-electron chi connectivity index (χ4n) is 3.61. The molecule has 1 aliphatic heterocycles. The Morgan fingerprint density at radius 2 is 1.93 bits per heavy atom. The fraction of sp³-hybridized carbons (Fsp3) is 0.421. The van der Waals surface area contributed by atoms with Gasteiger partial charge in [0, 0.05) is 37.2 Å². The summed E-state index contributed by atoms with van der Waals surface area (Å²) in [5.74, 6) is -0.161. The first-order valence-electron chi connectivity index (χ1n) is 9.06. The molecule has 0 atom stereocenters. The molecule has 1 aromatic carbocycles. The van der Waals surface area contributed by atoms with Gasteiger partial charge in [0.05, 0.1) is 11.4 Å². The Hall–Kier alpha value is -2.90. The quantitative estimate of drug-likeness (QED) is 0.889. The third kappa shape index (κ3) is 2.50. The van der Waals surface area contributed by atoms with E-state index >= 15 is 0 Å². The van der Waals surface area contributed by atoms with Gasteiger partial charge in [-0.1, -0.05) is 0 Å². The first kappa shape index (κ1) is 16.3. The number of ether oxygens (including phenoxy) is 1. The van der Waals surface area contributed by atoms with Gasteiger partial charge in [0.25, 0.3) is 11.5 Å². The number of hydrogen-bond donors (Lipinski definition) is 1. The molecule has 140 valence electrons. The maximum Gasteiger partial charge on any atom is 0.333 e. The molecule has 0 saturated heterocycles. The van der Waals surface area contributed by atoms with Gasteiger partial charge in [-0.25, -0.2) is 13.8 Å². The van der Waals surface area contributed by atoms with Crippen LogP contribution < -0.4 is 20.9 Å². The number of H-pyrrole nitrogens is 1. The van der Waals surface area contributed by atoms with E-state index < -0.39 is 22.7 Å². The van der Waals surface area contributed by atoms with Crippen LogP contribution in [0.5, 0.6) is 5.75 Å². The van der Waals surface area contributed by atoms with Crippen molar-refractivity contribution >= 4 is 11.6 Å². The number of aryl methyl sites for hydroxylation is 1. The number of anilines is 1. The average molecular weight is 371 g/mol. The molecule has 2 fully saturated rings. The van der Waals surface area contributed by atoms with E-state index in [0.717, 1.165) is 17.4 Å². The minimum atomic E-state index is -0.867. The van der Waals surface area contributed by atoms with Gasteiger partial charge in [0.1, 0.15) is 5.75 Å². The SMILES string of the molecule is Cc1cc(=O)n(-c2cc3c(cc2F)OC2(CC2)C(=O)N3CC2CC2)c(=O)[nH]1. The van der Waals surface area contributed by atoms with E-state index in [9.17, 15) is 18.8 Å². The molecule has 2 aromatic rings. The highest BCUT2D eigenvalue weighted by molar-refractivity contribution is 6.05. The normalized spacial score (nSPS) is 19.8. The lowest BCUT2D eigenvalue weighted by Crippen LogP contribution is -2.48. The van der Waals surface area contributed by atoms with Crippen molar-refractivity contribution in [2.45, 2.75) is 38.2 Å². The highest BCUT2D eigenvalue weighted by Crippen LogP contribution is 2.50. The van der Waals surface area contributed by atoms with Crippen molar-refractivity contribution in [3.8, 4) is 11.4 Å². The van der Waals surface area contributed by atoms with Crippen LogP contribution in [0.25, 0.3) is 5.69 Å². The number of aromatic amines is 1. The third-order valence-electron chi connectivity index (χ3n) is 5.41. The number of carbonyl (C=O) groups excluding carboxylic acids is 1. The predicted octanol–water partition coefficient (Wildman–Crippen LogP) is 1.64. The number of nitrogens with one attached hydrogen (secondary N) is 1. The second-order valence-electron chi connectivity index (χ2n) is 7.66. The zero-order valence-corrected chi connectivity index (χ0v) is 14.8. The number of carbonyl (C=O) groups is 1. The maximum atomic E-state index is 14.8. The molecule has 1 N–H and O–H groups in total. The number of hydrogen-bond acceptors (Lipinski definition) is 4. The molecule has 2 heterocycles. The van der Waals surface area contributed by atoms with Crippen molar-refractivity contribution in [1.82, 2.24) is 9.55 Å². The van der Waals surface area contributed by atoms with E-state index in [1.807, 2.05) is 0 Å². The zero-order chi connectivity index (χ0) is 18.9. The standard InChI is InChI=1S/C19H18FN3O4/c1-10-6-16(24)23(18(26)21-10)13-8-14-15(7-12(13)20)27-19(4-5-19)17(25)22(14)9-11-2-3-11/h6-8,11H,2-5,9H2,1H3,(H,21,26). The van der Waals surface area contributed by atoms with Crippen molar-refractivity contribution < 1.29 is 13.9 Å². The molecule has 8 heteroatoms. The summed E-state index contributed by atoms with van der Waals surface area (Å²) in [6.45, 7) is 2.12. The molecule has 0 bridgehead atoms. The average Bonchev–Trinajstić information content (AvgIpc) is 3.49. The smallest absolute Gasteiger partial charge is 0.333 e. The lowest BCUT2D eigenvalue weighted by molar-refractivity contribution is -0.128. The molecule has 3 aliphatic rings. The summed E-state index contributed by atoms with van der Waals surface area (Å²) in [6.07, 6.45) is 3.34. The summed E-state index contributed by atoms with van der Waals surface area (Å²) >= 11 is 0. The highest BCUT2D eigenvalue weighted by Gasteiger charge is 2.58. The van der Waals surface area contributed by atoms with Gasteiger partial charge in [-0.3, -0.25) is 9.59 Å². The number of fused-ring (bicyclic) bond motifs is 1. The van der Waals surface area contributed by atoms with Crippen molar-refractivity contribution in [1.29, 1.82) is 0 Å². The van der Waals surface area contributed by atoms with E-state index in [1.165, 1.54) is 18.2 Å². The minimum Gasteiger partial charge on any atom is -0.475 e. The molecule has 7 nitrogen and oxygen atoms in total. The van der Waals surface area contributed by atoms with E-state index in [2.05, 4.69) is 4.98 Å². The third-order valence-corrected chi connectivity index (χ3v) is 5.41. The second kappa shape index (κ2) is 5.31. The summed E-state index contributed by atoms with van der Waals surface area (Å²) in [6, 6.07) is 3.76. The molecule has 0 radical (unpaired) electrons. The largest absolute Gasteiger partial charge is 0.475 e. The Labute approximate surface area is 153 Å². The van der Waals surface area contributed by atoms with Crippen LogP contribution in [0.2, 0.25) is 0 Å². The van der Waals surface area contributed by atoms with Crippen LogP contribution in [0.1, 0.15) is 31.4 Å². The lowest BCUT2D eigenvalue weighted by Gasteiger charge is -2.35. The van der Waals surface area contributed by atoms with Crippen LogP contribution in [0.3, 0.4) is 0 Å². The summed E-state index contributed by atoms with van der Waals surface area (Å²) in [5, 5.41) is 0. The number of rotatable bonds is 3. The molecule has 27 heavy (non-hydrogen) atoms. The molecule has 0 unspecified atom stereocenters. The van der Waals surface area contributed by atoms with Crippen LogP contribution in [-0.4, -0.2) is 27.6 Å². The fourth-order valence-corrected chi connectivity index (χ4v) is 3.61. The Morgan fingerprint density at radius 1 is 1.19 bits per heavy atom. The monoisotopic (exact) mass is 371 g/mol. The van der Waals surface area contributed by atoms with E-state index in [4.69, 9.17) is 4.74 Å². The van der Waals surface area contributed by atoms with Gasteiger partial charge in [0.2, 0.25) is 0 Å². The van der Waals surface area contributed by atoms with E-state index in [1.54, 1.807) is 11.8 Å². The number of amides is 1. The van der Waals surface area contributed by atoms with Crippen LogP contribution in [-0.2, 0) is 4.79 Å². The van der Waals surface area contributed by atoms with Gasteiger partial charge in [-0.05, 0) is 31.7 Å². The number of halogens is 1. The number of benzene rings is 1. The Kier molecular flexibility index (Phi) is 3.20. The van der Waals surface area contributed by atoms with Gasteiger partial charge < -0.3 is 14.6 Å². The molecule has 5 rings (SSSR count). The Balaban J connectivity index is 1.69. The number of aromatic nitrogens is 2. The molecule has 2 saturated carbocycles. The van der Waals surface area contributed by atoms with Gasteiger partial charge >= 0.3 is 5.69 Å². The van der Waals surface area contributed by atoms with Gasteiger partial charge in [-0.2, -0.15) is 0 Å². The van der Waals surface area contributed by atoms with Crippen molar-refractivity contribution in [3.63, 3.8) is 0 Å². The van der Waals surface area contributed by atoms with E-state index in [-0.39, 0.29) is 17.3 Å². The molecular weight excluding hydrogens is 353 g/mol. The number of nitrogens with zero attached hydrogens (tertiary/aromatic N) is 2. The minimum absolute atomic E-state index is 0.121. The first-order valence-corrected chi connectivity index (χ1v) is 9.06. The van der Waals surface area contributed by atoms with Crippen molar-refractivity contribution in [3.05, 3.63) is 50.5 Å². The molecule has 1 amide bonds. The van der Waals surface area contributed by atoms with Crippen LogP contribution in [0.4, 0.5) is 10.1 Å². The zero-order valence-electron chi connectivity index (χ0n) is 14.8. The molecule has 1 spiro atoms. The highest BCUT2D eigenvalue weighted by atomic mass is 19.1. The Bertz CT molecular complexity index is 1060. The lowest BCUT2D eigenvalue weighted by atomic mass is 10.1. The molecule has 2 aliphatic carbocycles. The topological polar surface area (TPSA) is 84.4 Å². The molecule has 1 aromatic heterocycles. The van der Waals surface area contributed by atoms with Crippen molar-refractivity contribution in [2.75, 3.05) is 11.4 Å². The summed E-state index contributed by atoms with van der Waals surface area (Å²) in [7, 11) is 0.